The summed E-state index contributed by atoms with van der Waals surface area (Å²) >= 11 is 5.14. The quantitative estimate of drug-likeness (QED) is 0.796. The molecule has 0 spiro atoms. The number of hydrogen-bond donors (Lipinski definition) is 1. The monoisotopic (exact) mass is 258 g/mol. The molecule has 1 aromatic carbocycles. The third-order valence-electron chi connectivity index (χ3n) is 3.07. The Bertz CT molecular complexity index is 624. The Balaban J connectivity index is 2.79. The molecule has 0 atom stereocenters. The third-order valence-corrected chi connectivity index (χ3v) is 3.29. The van der Waals surface area contributed by atoms with Gasteiger partial charge >= 0.3 is 0 Å². The van der Waals surface area contributed by atoms with Crippen LogP contribution in [0.15, 0.2) is 24.3 Å². The molecule has 0 aliphatic heterocycles. The molecular formula is C15H18N2S. The summed E-state index contributed by atoms with van der Waals surface area (Å²) in [5.74, 6) is 0. The lowest BCUT2D eigenvalue weighted by atomic mass is 9.86. The second-order valence-corrected chi connectivity index (χ2v) is 6.10. The molecule has 0 saturated carbocycles. The maximum absolute atomic E-state index is 5.81. The van der Waals surface area contributed by atoms with E-state index in [4.69, 9.17) is 18.0 Å². The SMILES string of the molecule is Cc1cc(C(N)=S)c2cc(C(C)(C)C)ccc2n1. The van der Waals surface area contributed by atoms with E-state index in [9.17, 15) is 0 Å². The van der Waals surface area contributed by atoms with E-state index in [1.807, 2.05) is 19.1 Å². The Morgan fingerprint density at radius 3 is 2.44 bits per heavy atom. The van der Waals surface area contributed by atoms with Crippen molar-refractivity contribution in [2.75, 3.05) is 0 Å². The molecule has 0 fully saturated rings. The van der Waals surface area contributed by atoms with Gasteiger partial charge in [-0.05, 0) is 36.1 Å². The van der Waals surface area contributed by atoms with E-state index in [2.05, 4.69) is 37.9 Å². The molecule has 2 N–H and O–H groups in total. The predicted molar refractivity (Wildman–Crippen MR) is 81.1 cm³/mol. The summed E-state index contributed by atoms with van der Waals surface area (Å²) < 4.78 is 0. The van der Waals surface area contributed by atoms with Gasteiger partial charge in [-0.3, -0.25) is 4.98 Å². The smallest absolute Gasteiger partial charge is 0.104 e. The lowest BCUT2D eigenvalue weighted by Crippen LogP contribution is -2.13. The fraction of sp³-hybridized carbons (Fsp3) is 0.333. The minimum absolute atomic E-state index is 0.104. The zero-order chi connectivity index (χ0) is 13.5. The van der Waals surface area contributed by atoms with E-state index in [-0.39, 0.29) is 5.41 Å². The summed E-state index contributed by atoms with van der Waals surface area (Å²) in [5, 5.41) is 1.04. The Kier molecular flexibility index (Phi) is 3.11. The Hall–Kier alpha value is -1.48. The molecule has 2 rings (SSSR count). The van der Waals surface area contributed by atoms with Crippen molar-refractivity contribution in [1.82, 2.24) is 4.98 Å². The van der Waals surface area contributed by atoms with E-state index < -0.39 is 0 Å². The van der Waals surface area contributed by atoms with Crippen molar-refractivity contribution in [2.45, 2.75) is 33.1 Å². The predicted octanol–water partition coefficient (Wildman–Crippen LogP) is 3.47. The van der Waals surface area contributed by atoms with E-state index in [0.717, 1.165) is 22.2 Å². The highest BCUT2D eigenvalue weighted by Gasteiger charge is 2.15. The van der Waals surface area contributed by atoms with Crippen LogP contribution in [0.3, 0.4) is 0 Å². The Morgan fingerprint density at radius 1 is 1.22 bits per heavy atom. The minimum atomic E-state index is 0.104. The number of benzene rings is 1. The molecule has 94 valence electrons. The number of nitrogens with zero attached hydrogens (tertiary/aromatic N) is 1. The van der Waals surface area contributed by atoms with Crippen molar-refractivity contribution in [2.24, 2.45) is 5.73 Å². The summed E-state index contributed by atoms with van der Waals surface area (Å²) in [6.45, 7) is 8.53. The largest absolute Gasteiger partial charge is 0.389 e. The van der Waals surface area contributed by atoms with Gasteiger partial charge in [0.25, 0.3) is 0 Å². The van der Waals surface area contributed by atoms with Crippen molar-refractivity contribution in [1.29, 1.82) is 0 Å². The first-order chi connectivity index (χ1) is 8.29. The van der Waals surface area contributed by atoms with Gasteiger partial charge in [0.1, 0.15) is 4.99 Å². The first-order valence-electron chi connectivity index (χ1n) is 6.01. The second kappa shape index (κ2) is 4.32. The highest BCUT2D eigenvalue weighted by Crippen LogP contribution is 2.27. The van der Waals surface area contributed by atoms with Gasteiger partial charge in [0.2, 0.25) is 0 Å². The molecule has 2 aromatic rings. The van der Waals surface area contributed by atoms with Crippen LogP contribution in [0.4, 0.5) is 0 Å². The van der Waals surface area contributed by atoms with Gasteiger partial charge in [-0.25, -0.2) is 0 Å². The van der Waals surface area contributed by atoms with Crippen molar-refractivity contribution in [3.63, 3.8) is 0 Å². The third kappa shape index (κ3) is 2.36. The average molecular weight is 258 g/mol. The fourth-order valence-corrected chi connectivity index (χ4v) is 2.20. The van der Waals surface area contributed by atoms with Crippen molar-refractivity contribution in [3.05, 3.63) is 41.1 Å². The van der Waals surface area contributed by atoms with Crippen LogP contribution in [0.2, 0.25) is 0 Å². The molecule has 1 aromatic heterocycles. The van der Waals surface area contributed by atoms with Gasteiger partial charge in [-0.2, -0.15) is 0 Å². The van der Waals surface area contributed by atoms with Crippen LogP contribution < -0.4 is 5.73 Å². The molecular weight excluding hydrogens is 240 g/mol. The number of aromatic nitrogens is 1. The number of pyridine rings is 1. The maximum atomic E-state index is 5.81. The standard InChI is InChI=1S/C15H18N2S/c1-9-7-12(14(16)18)11-8-10(15(2,3)4)5-6-13(11)17-9/h5-8H,1-4H3,(H2,16,18). The van der Waals surface area contributed by atoms with E-state index in [0.29, 0.717) is 4.99 Å². The van der Waals surface area contributed by atoms with Crippen molar-refractivity contribution < 1.29 is 0 Å². The molecule has 0 radical (unpaired) electrons. The topological polar surface area (TPSA) is 38.9 Å². The highest BCUT2D eigenvalue weighted by atomic mass is 32.1. The van der Waals surface area contributed by atoms with E-state index in [1.54, 1.807) is 0 Å². The minimum Gasteiger partial charge on any atom is -0.389 e. The van der Waals surface area contributed by atoms with Gasteiger partial charge in [-0.1, -0.05) is 39.1 Å². The number of thiocarbonyl (C=S) groups is 1. The molecule has 0 bridgehead atoms. The molecule has 2 nitrogen and oxygen atoms in total. The normalized spacial score (nSPS) is 11.8. The van der Waals surface area contributed by atoms with Crippen LogP contribution in [0.25, 0.3) is 10.9 Å². The molecule has 0 unspecified atom stereocenters. The molecule has 0 saturated heterocycles. The zero-order valence-electron chi connectivity index (χ0n) is 11.2. The van der Waals surface area contributed by atoms with Crippen LogP contribution in [0.1, 0.15) is 37.6 Å². The first-order valence-corrected chi connectivity index (χ1v) is 6.41. The second-order valence-electron chi connectivity index (χ2n) is 5.66. The van der Waals surface area contributed by atoms with E-state index >= 15 is 0 Å². The van der Waals surface area contributed by atoms with Crippen LogP contribution >= 0.6 is 12.2 Å². The molecule has 18 heavy (non-hydrogen) atoms. The van der Waals surface area contributed by atoms with Crippen molar-refractivity contribution >= 4 is 28.1 Å². The van der Waals surface area contributed by atoms with Crippen LogP contribution in [0.5, 0.6) is 0 Å². The summed E-state index contributed by atoms with van der Waals surface area (Å²) in [4.78, 5) is 4.95. The van der Waals surface area contributed by atoms with Crippen LogP contribution in [0, 0.1) is 6.92 Å². The van der Waals surface area contributed by atoms with Gasteiger partial charge in [-0.15, -0.1) is 0 Å². The summed E-state index contributed by atoms with van der Waals surface area (Å²) in [7, 11) is 0. The molecule has 0 amide bonds. The first kappa shape index (κ1) is 13.0. The van der Waals surface area contributed by atoms with Crippen LogP contribution in [-0.2, 0) is 5.41 Å². The Morgan fingerprint density at radius 2 is 1.89 bits per heavy atom. The van der Waals surface area contributed by atoms with Gasteiger partial charge in [0.15, 0.2) is 0 Å². The van der Waals surface area contributed by atoms with Gasteiger partial charge in [0, 0.05) is 16.6 Å². The molecule has 3 heteroatoms. The highest BCUT2D eigenvalue weighted by molar-refractivity contribution is 7.80. The molecule has 1 heterocycles. The number of nitrogens with two attached hydrogens (primary N) is 1. The van der Waals surface area contributed by atoms with E-state index in [1.165, 1.54) is 5.56 Å². The maximum Gasteiger partial charge on any atom is 0.104 e. The summed E-state index contributed by atoms with van der Waals surface area (Å²) in [6, 6.07) is 8.27. The number of rotatable bonds is 1. The number of fused-ring (bicyclic) bond motifs is 1. The molecule has 0 aliphatic rings. The zero-order valence-corrected chi connectivity index (χ0v) is 12.1. The van der Waals surface area contributed by atoms with Gasteiger partial charge in [0.05, 0.1) is 5.52 Å². The summed E-state index contributed by atoms with van der Waals surface area (Å²) in [6.07, 6.45) is 0. The Labute approximate surface area is 113 Å². The lowest BCUT2D eigenvalue weighted by molar-refractivity contribution is 0.591. The fourth-order valence-electron chi connectivity index (χ4n) is 2.03. The summed E-state index contributed by atoms with van der Waals surface area (Å²) in [5.41, 5.74) is 9.98. The van der Waals surface area contributed by atoms with Crippen molar-refractivity contribution in [3.8, 4) is 0 Å². The van der Waals surface area contributed by atoms with Crippen LogP contribution in [-0.4, -0.2) is 9.97 Å². The number of hydrogen-bond acceptors (Lipinski definition) is 2. The number of aryl methyl sites for hydroxylation is 1. The van der Waals surface area contributed by atoms with Gasteiger partial charge < -0.3 is 5.73 Å². The average Bonchev–Trinajstić information content (AvgIpc) is 2.25. The molecule has 0 aliphatic carbocycles. The lowest BCUT2D eigenvalue weighted by Gasteiger charge is -2.20.